The van der Waals surface area contributed by atoms with Crippen LogP contribution in [0.5, 0.6) is 11.5 Å². The Hall–Kier alpha value is -2.50. The summed E-state index contributed by atoms with van der Waals surface area (Å²) in [6, 6.07) is 3.42. The van der Waals surface area contributed by atoms with Crippen LogP contribution in [0.15, 0.2) is 22.9 Å². The number of fused-ring (bicyclic) bond motifs is 1. The van der Waals surface area contributed by atoms with Crippen molar-refractivity contribution in [3.05, 3.63) is 23.9 Å². The second kappa shape index (κ2) is 4.64. The number of aldehydes is 1. The maximum absolute atomic E-state index is 11.1. The molecule has 3 rings (SSSR count). The van der Waals surface area contributed by atoms with Gasteiger partial charge in [0.05, 0.1) is 30.5 Å². The number of hydrogen-bond donors (Lipinski definition) is 1. The fraction of sp³-hybridized carbons (Fsp3) is 0.231. The molecule has 0 fully saturated rings. The zero-order chi connectivity index (χ0) is 13.2. The lowest BCUT2D eigenvalue weighted by Crippen LogP contribution is -1.98. The molecule has 0 atom stereocenters. The van der Waals surface area contributed by atoms with Gasteiger partial charge in [-0.15, -0.1) is 0 Å². The van der Waals surface area contributed by atoms with Crippen molar-refractivity contribution >= 4 is 12.2 Å². The summed E-state index contributed by atoms with van der Waals surface area (Å²) in [7, 11) is 0. The van der Waals surface area contributed by atoms with Crippen molar-refractivity contribution in [2.45, 2.75) is 6.42 Å². The number of rotatable bonds is 2. The molecular weight excluding hydrogens is 248 g/mol. The average Bonchev–Trinajstić information content (AvgIpc) is 2.71. The molecule has 0 saturated heterocycles. The van der Waals surface area contributed by atoms with E-state index in [-0.39, 0.29) is 5.88 Å². The minimum absolute atomic E-state index is 0.203. The van der Waals surface area contributed by atoms with Gasteiger partial charge in [0.1, 0.15) is 0 Å². The van der Waals surface area contributed by atoms with Gasteiger partial charge in [0, 0.05) is 12.0 Å². The molecule has 1 aliphatic rings. The minimum atomic E-state index is 0.203. The number of benzene rings is 1. The summed E-state index contributed by atoms with van der Waals surface area (Å²) < 4.78 is 16.2. The van der Waals surface area contributed by atoms with E-state index in [1.54, 1.807) is 12.1 Å². The second-order valence-electron chi connectivity index (χ2n) is 4.13. The van der Waals surface area contributed by atoms with Gasteiger partial charge in [-0.05, 0) is 12.1 Å². The molecular formula is C13H12N2O4. The molecule has 0 spiro atoms. The van der Waals surface area contributed by atoms with Crippen molar-refractivity contribution in [3.63, 3.8) is 0 Å². The molecule has 1 aromatic carbocycles. The number of nitrogens with two attached hydrogens (primary N) is 1. The Balaban J connectivity index is 2.21. The highest BCUT2D eigenvalue weighted by atomic mass is 16.5. The van der Waals surface area contributed by atoms with Gasteiger partial charge in [0.15, 0.2) is 17.8 Å². The third-order valence-electron chi connectivity index (χ3n) is 2.94. The van der Waals surface area contributed by atoms with Crippen LogP contribution in [0.2, 0.25) is 0 Å². The Morgan fingerprint density at radius 3 is 2.63 bits per heavy atom. The van der Waals surface area contributed by atoms with E-state index >= 15 is 0 Å². The maximum Gasteiger partial charge on any atom is 0.230 e. The van der Waals surface area contributed by atoms with Crippen molar-refractivity contribution in [2.75, 3.05) is 18.9 Å². The van der Waals surface area contributed by atoms with E-state index in [1.165, 1.54) is 6.20 Å². The zero-order valence-corrected chi connectivity index (χ0v) is 10.1. The molecule has 1 aliphatic heterocycles. The number of aromatic nitrogens is 1. The maximum atomic E-state index is 11.1. The van der Waals surface area contributed by atoms with Crippen LogP contribution < -0.4 is 15.2 Å². The van der Waals surface area contributed by atoms with Crippen LogP contribution in [0.1, 0.15) is 16.8 Å². The van der Waals surface area contributed by atoms with E-state index in [9.17, 15) is 4.79 Å². The van der Waals surface area contributed by atoms with E-state index in [0.29, 0.717) is 41.4 Å². The van der Waals surface area contributed by atoms with Gasteiger partial charge in [-0.2, -0.15) is 0 Å². The Kier molecular flexibility index (Phi) is 2.83. The first-order chi connectivity index (χ1) is 9.31. The summed E-state index contributed by atoms with van der Waals surface area (Å²) in [5.41, 5.74) is 7.51. The molecule has 2 heterocycles. The van der Waals surface area contributed by atoms with Crippen molar-refractivity contribution in [1.82, 2.24) is 5.16 Å². The Morgan fingerprint density at radius 2 is 1.95 bits per heavy atom. The summed E-state index contributed by atoms with van der Waals surface area (Å²) in [6.07, 6.45) is 3.01. The van der Waals surface area contributed by atoms with Crippen molar-refractivity contribution in [1.29, 1.82) is 0 Å². The van der Waals surface area contributed by atoms with Crippen LogP contribution in [0.4, 0.5) is 5.88 Å². The smallest absolute Gasteiger partial charge is 0.230 e. The molecule has 98 valence electrons. The summed E-state index contributed by atoms with van der Waals surface area (Å²) in [5, 5.41) is 3.65. The lowest BCUT2D eigenvalue weighted by molar-refractivity contribution is 0.111. The van der Waals surface area contributed by atoms with E-state index < -0.39 is 0 Å². The average molecular weight is 260 g/mol. The third-order valence-corrected chi connectivity index (χ3v) is 2.94. The first-order valence-electron chi connectivity index (χ1n) is 5.89. The van der Waals surface area contributed by atoms with Gasteiger partial charge < -0.3 is 19.7 Å². The molecule has 0 aliphatic carbocycles. The Morgan fingerprint density at radius 1 is 1.16 bits per heavy atom. The molecule has 6 nitrogen and oxygen atoms in total. The van der Waals surface area contributed by atoms with Gasteiger partial charge in [-0.25, -0.2) is 0 Å². The fourth-order valence-corrected chi connectivity index (χ4v) is 2.03. The standard InChI is InChI=1S/C13H12N2O4/c14-13-10(6-15-19-13)9-3-2-8(7-16)11-12(9)18-5-1-4-17-11/h2-3,6-7H,1,4-5,14H2. The number of anilines is 1. The number of nitrogens with zero attached hydrogens (tertiary/aromatic N) is 1. The van der Waals surface area contributed by atoms with Gasteiger partial charge in [-0.1, -0.05) is 5.16 Å². The summed E-state index contributed by atoms with van der Waals surface area (Å²) >= 11 is 0. The van der Waals surface area contributed by atoms with Crippen molar-refractivity contribution in [3.8, 4) is 22.6 Å². The highest BCUT2D eigenvalue weighted by Crippen LogP contribution is 2.43. The van der Waals surface area contributed by atoms with E-state index in [4.69, 9.17) is 19.7 Å². The number of nitrogen functional groups attached to an aromatic ring is 1. The molecule has 0 saturated carbocycles. The van der Waals surface area contributed by atoms with Crippen LogP contribution in [-0.2, 0) is 0 Å². The van der Waals surface area contributed by atoms with Crippen LogP contribution in [0, 0.1) is 0 Å². The fourth-order valence-electron chi connectivity index (χ4n) is 2.03. The molecule has 1 aromatic heterocycles. The summed E-state index contributed by atoms with van der Waals surface area (Å²) in [5.74, 6) is 1.16. The topological polar surface area (TPSA) is 87.6 Å². The highest BCUT2D eigenvalue weighted by molar-refractivity contribution is 5.88. The molecule has 0 radical (unpaired) electrons. The van der Waals surface area contributed by atoms with E-state index in [2.05, 4.69) is 5.16 Å². The lowest BCUT2D eigenvalue weighted by Gasteiger charge is -2.13. The number of carbonyl (C=O) groups is 1. The molecule has 6 heteroatoms. The molecule has 0 amide bonds. The van der Waals surface area contributed by atoms with Crippen LogP contribution >= 0.6 is 0 Å². The Bertz CT molecular complexity index is 621. The van der Waals surface area contributed by atoms with Gasteiger partial charge in [0.2, 0.25) is 5.88 Å². The van der Waals surface area contributed by atoms with Crippen molar-refractivity contribution in [2.24, 2.45) is 0 Å². The predicted molar refractivity (Wildman–Crippen MR) is 67.3 cm³/mol. The van der Waals surface area contributed by atoms with Gasteiger partial charge >= 0.3 is 0 Å². The van der Waals surface area contributed by atoms with E-state index in [0.717, 1.165) is 12.7 Å². The van der Waals surface area contributed by atoms with Crippen molar-refractivity contribution < 1.29 is 18.8 Å². The third kappa shape index (κ3) is 1.91. The largest absolute Gasteiger partial charge is 0.489 e. The first-order valence-corrected chi connectivity index (χ1v) is 5.89. The van der Waals surface area contributed by atoms with Gasteiger partial charge in [-0.3, -0.25) is 4.79 Å². The lowest BCUT2D eigenvalue weighted by atomic mass is 10.0. The monoisotopic (exact) mass is 260 g/mol. The molecule has 2 aromatic rings. The SMILES string of the molecule is Nc1oncc1-c1ccc(C=O)c2c1OCCCO2. The van der Waals surface area contributed by atoms with E-state index in [1.807, 2.05) is 0 Å². The molecule has 19 heavy (non-hydrogen) atoms. The zero-order valence-electron chi connectivity index (χ0n) is 10.1. The van der Waals surface area contributed by atoms with Crippen LogP contribution in [0.3, 0.4) is 0 Å². The normalized spacial score (nSPS) is 13.9. The van der Waals surface area contributed by atoms with Gasteiger partial charge in [0.25, 0.3) is 0 Å². The molecule has 2 N–H and O–H groups in total. The number of hydrogen-bond acceptors (Lipinski definition) is 6. The minimum Gasteiger partial charge on any atom is -0.489 e. The molecule has 0 unspecified atom stereocenters. The second-order valence-corrected chi connectivity index (χ2v) is 4.13. The highest BCUT2D eigenvalue weighted by Gasteiger charge is 2.22. The van der Waals surface area contributed by atoms with Crippen LogP contribution in [0.25, 0.3) is 11.1 Å². The molecule has 0 bridgehead atoms. The first kappa shape index (κ1) is 11.6. The number of ether oxygens (including phenoxy) is 2. The number of carbonyl (C=O) groups excluding carboxylic acids is 1. The quantitative estimate of drug-likeness (QED) is 0.830. The summed E-state index contributed by atoms with van der Waals surface area (Å²) in [4.78, 5) is 11.1. The van der Waals surface area contributed by atoms with Crippen LogP contribution in [-0.4, -0.2) is 24.7 Å². The predicted octanol–water partition coefficient (Wildman–Crippen LogP) is 1.90. The Labute approximate surface area is 109 Å². The summed E-state index contributed by atoms with van der Waals surface area (Å²) in [6.45, 7) is 1.03.